The molecule has 0 aliphatic rings. The molecule has 1 N–H and O–H groups in total. The van der Waals surface area contributed by atoms with Crippen molar-refractivity contribution in [1.29, 1.82) is 0 Å². The maximum absolute atomic E-state index is 13.8. The number of rotatable bonds is 6. The Bertz CT molecular complexity index is 1740. The summed E-state index contributed by atoms with van der Waals surface area (Å²) in [6.07, 6.45) is 0. The SMILES string of the molecule is CCOc1ccc(NC(=O)Cn2c(=O)n(-c3cc(Cl)ccc3C)c(=O)c3sc4ccccc4c32)cc1. The molecule has 0 radical (unpaired) electrons. The average molecular weight is 520 g/mol. The van der Waals surface area contributed by atoms with E-state index in [1.807, 2.05) is 31.2 Å². The number of thiophene rings is 1. The van der Waals surface area contributed by atoms with Crippen molar-refractivity contribution in [2.45, 2.75) is 20.4 Å². The highest BCUT2D eigenvalue weighted by atomic mass is 35.5. The van der Waals surface area contributed by atoms with Gasteiger partial charge in [-0.3, -0.25) is 14.2 Å². The number of benzene rings is 3. The van der Waals surface area contributed by atoms with E-state index in [-0.39, 0.29) is 6.54 Å². The summed E-state index contributed by atoms with van der Waals surface area (Å²) in [5, 5.41) is 3.97. The molecule has 0 aliphatic carbocycles. The summed E-state index contributed by atoms with van der Waals surface area (Å²) in [6.45, 7) is 3.96. The van der Waals surface area contributed by atoms with E-state index >= 15 is 0 Å². The summed E-state index contributed by atoms with van der Waals surface area (Å²) in [7, 11) is 0. The van der Waals surface area contributed by atoms with E-state index in [9.17, 15) is 14.4 Å². The van der Waals surface area contributed by atoms with Gasteiger partial charge in [-0.25, -0.2) is 9.36 Å². The summed E-state index contributed by atoms with van der Waals surface area (Å²) in [6, 6.07) is 19.5. The highest BCUT2D eigenvalue weighted by Crippen LogP contribution is 2.31. The second-order valence-electron chi connectivity index (χ2n) is 8.22. The largest absolute Gasteiger partial charge is 0.494 e. The zero-order chi connectivity index (χ0) is 25.4. The summed E-state index contributed by atoms with van der Waals surface area (Å²) in [5.41, 5.74) is 1.07. The van der Waals surface area contributed by atoms with Gasteiger partial charge < -0.3 is 10.1 Å². The van der Waals surface area contributed by atoms with E-state index in [4.69, 9.17) is 16.3 Å². The Kier molecular flexibility index (Phi) is 6.38. The minimum Gasteiger partial charge on any atom is -0.494 e. The molecule has 0 unspecified atom stereocenters. The van der Waals surface area contributed by atoms with Crippen LogP contribution in [0.25, 0.3) is 26.0 Å². The van der Waals surface area contributed by atoms with Crippen molar-refractivity contribution in [2.75, 3.05) is 11.9 Å². The van der Waals surface area contributed by atoms with Crippen molar-refractivity contribution < 1.29 is 9.53 Å². The zero-order valence-electron chi connectivity index (χ0n) is 19.6. The number of carbonyl (C=O) groups is 1. The van der Waals surface area contributed by atoms with Crippen molar-refractivity contribution in [3.05, 3.63) is 98.2 Å². The fraction of sp³-hybridized carbons (Fsp3) is 0.148. The molecule has 0 aliphatic heterocycles. The highest BCUT2D eigenvalue weighted by molar-refractivity contribution is 7.25. The van der Waals surface area contributed by atoms with Gasteiger partial charge in [-0.2, -0.15) is 0 Å². The molecule has 5 aromatic rings. The van der Waals surface area contributed by atoms with E-state index in [0.717, 1.165) is 14.7 Å². The number of amides is 1. The molecule has 0 saturated heterocycles. The van der Waals surface area contributed by atoms with Crippen LogP contribution in [0.15, 0.2) is 76.3 Å². The summed E-state index contributed by atoms with van der Waals surface area (Å²) < 4.78 is 9.15. The normalized spacial score (nSPS) is 11.2. The number of hydrogen-bond acceptors (Lipinski definition) is 5. The second kappa shape index (κ2) is 9.64. The zero-order valence-corrected chi connectivity index (χ0v) is 21.2. The predicted octanol–water partition coefficient (Wildman–Crippen LogP) is 5.37. The van der Waals surface area contributed by atoms with Crippen molar-refractivity contribution in [2.24, 2.45) is 0 Å². The van der Waals surface area contributed by atoms with Crippen LogP contribution < -0.4 is 21.3 Å². The Labute approximate surface area is 215 Å². The molecule has 182 valence electrons. The monoisotopic (exact) mass is 519 g/mol. The van der Waals surface area contributed by atoms with Gasteiger partial charge in [0.25, 0.3) is 5.56 Å². The number of fused-ring (bicyclic) bond motifs is 3. The van der Waals surface area contributed by atoms with Crippen molar-refractivity contribution in [1.82, 2.24) is 9.13 Å². The molecule has 0 saturated carbocycles. The number of aryl methyl sites for hydroxylation is 1. The Morgan fingerprint density at radius 1 is 1.06 bits per heavy atom. The van der Waals surface area contributed by atoms with Gasteiger partial charge in [-0.1, -0.05) is 35.9 Å². The number of nitrogens with zero attached hydrogens (tertiary/aromatic N) is 2. The summed E-state index contributed by atoms with van der Waals surface area (Å²) >= 11 is 7.50. The number of aromatic nitrogens is 2. The van der Waals surface area contributed by atoms with Crippen molar-refractivity contribution >= 4 is 54.8 Å². The fourth-order valence-electron chi connectivity index (χ4n) is 4.18. The van der Waals surface area contributed by atoms with E-state index in [2.05, 4.69) is 5.32 Å². The quantitative estimate of drug-likeness (QED) is 0.327. The third-order valence-corrected chi connectivity index (χ3v) is 7.20. The molecule has 1 amide bonds. The number of nitrogens with one attached hydrogen (secondary N) is 1. The molecular formula is C27H22ClN3O4S. The first-order valence-corrected chi connectivity index (χ1v) is 12.5. The molecule has 2 aromatic heterocycles. The molecule has 0 spiro atoms. The smallest absolute Gasteiger partial charge is 0.336 e. The number of anilines is 1. The lowest BCUT2D eigenvalue weighted by Gasteiger charge is -2.14. The van der Waals surface area contributed by atoms with Gasteiger partial charge >= 0.3 is 5.69 Å². The third-order valence-electron chi connectivity index (χ3n) is 5.82. The highest BCUT2D eigenvalue weighted by Gasteiger charge is 2.21. The minimum atomic E-state index is -0.608. The average Bonchev–Trinajstić information content (AvgIpc) is 3.25. The standard InChI is InChI=1S/C27H22ClN3O4S/c1-3-35-19-12-10-18(11-13-19)29-23(32)15-30-24-20-6-4-5-7-22(20)36-25(24)26(33)31(27(30)34)21-14-17(28)9-8-16(21)2/h4-14H,3,15H2,1-2H3,(H,29,32). The lowest BCUT2D eigenvalue weighted by molar-refractivity contribution is -0.116. The maximum Gasteiger partial charge on any atom is 0.336 e. The maximum atomic E-state index is 13.8. The van der Waals surface area contributed by atoms with Crippen LogP contribution in [0.4, 0.5) is 5.69 Å². The van der Waals surface area contributed by atoms with Gasteiger partial charge in [0.1, 0.15) is 17.0 Å². The van der Waals surface area contributed by atoms with Crippen molar-refractivity contribution in [3.63, 3.8) is 0 Å². The van der Waals surface area contributed by atoms with Gasteiger partial charge in [-0.05, 0) is 61.9 Å². The topological polar surface area (TPSA) is 82.3 Å². The summed E-state index contributed by atoms with van der Waals surface area (Å²) in [4.78, 5) is 40.5. The van der Waals surface area contributed by atoms with Crippen LogP contribution in [-0.4, -0.2) is 21.6 Å². The van der Waals surface area contributed by atoms with Crippen LogP contribution in [0, 0.1) is 6.92 Å². The molecule has 2 heterocycles. The van der Waals surface area contributed by atoms with Crippen molar-refractivity contribution in [3.8, 4) is 11.4 Å². The lowest BCUT2D eigenvalue weighted by Crippen LogP contribution is -2.40. The molecule has 0 bridgehead atoms. The van der Waals surface area contributed by atoms with E-state index < -0.39 is 17.2 Å². The Morgan fingerprint density at radius 3 is 2.56 bits per heavy atom. The summed E-state index contributed by atoms with van der Waals surface area (Å²) in [5.74, 6) is 0.299. The predicted molar refractivity (Wildman–Crippen MR) is 145 cm³/mol. The fourth-order valence-corrected chi connectivity index (χ4v) is 5.48. The van der Waals surface area contributed by atoms with Crippen LogP contribution in [0.1, 0.15) is 12.5 Å². The van der Waals surface area contributed by atoms with Gasteiger partial charge in [0.2, 0.25) is 5.91 Å². The molecule has 5 rings (SSSR count). The van der Waals surface area contributed by atoms with E-state index in [0.29, 0.717) is 44.5 Å². The van der Waals surface area contributed by atoms with E-state index in [1.165, 1.54) is 15.9 Å². The molecule has 3 aromatic carbocycles. The number of halogens is 1. The molecule has 36 heavy (non-hydrogen) atoms. The van der Waals surface area contributed by atoms with Gasteiger partial charge in [0.15, 0.2) is 0 Å². The number of ether oxygens (including phenoxy) is 1. The van der Waals surface area contributed by atoms with Crippen LogP contribution in [-0.2, 0) is 11.3 Å². The van der Waals surface area contributed by atoms with Gasteiger partial charge in [0, 0.05) is 20.8 Å². The molecule has 0 fully saturated rings. The van der Waals surface area contributed by atoms with Gasteiger partial charge in [-0.15, -0.1) is 11.3 Å². The number of hydrogen-bond donors (Lipinski definition) is 1. The van der Waals surface area contributed by atoms with Crippen LogP contribution in [0.2, 0.25) is 5.02 Å². The van der Waals surface area contributed by atoms with Crippen LogP contribution in [0.3, 0.4) is 0 Å². The minimum absolute atomic E-state index is 0.275. The van der Waals surface area contributed by atoms with Gasteiger partial charge in [0.05, 0.1) is 17.8 Å². The first kappa shape index (κ1) is 23.8. The Balaban J connectivity index is 1.66. The Morgan fingerprint density at radius 2 is 1.81 bits per heavy atom. The second-order valence-corrected chi connectivity index (χ2v) is 9.71. The molecule has 9 heteroatoms. The van der Waals surface area contributed by atoms with Crippen LogP contribution in [0.5, 0.6) is 5.75 Å². The first-order valence-electron chi connectivity index (χ1n) is 11.3. The third kappa shape index (κ3) is 4.29. The first-order chi connectivity index (χ1) is 17.4. The van der Waals surface area contributed by atoms with E-state index in [1.54, 1.807) is 49.4 Å². The molecular weight excluding hydrogens is 498 g/mol. The Hall–Kier alpha value is -3.88. The van der Waals surface area contributed by atoms with Crippen LogP contribution >= 0.6 is 22.9 Å². The molecule has 0 atom stereocenters. The molecule has 7 nitrogen and oxygen atoms in total. The lowest BCUT2D eigenvalue weighted by atomic mass is 10.2. The number of carbonyl (C=O) groups excluding carboxylic acids is 1.